The second-order valence-corrected chi connectivity index (χ2v) is 6.95. The summed E-state index contributed by atoms with van der Waals surface area (Å²) in [6, 6.07) is 0. The summed E-state index contributed by atoms with van der Waals surface area (Å²) >= 11 is 0. The first kappa shape index (κ1) is 18.3. The number of likely N-dealkylation sites (tertiary alicyclic amines) is 1. The van der Waals surface area contributed by atoms with Crippen molar-refractivity contribution >= 4 is 11.7 Å². The molecule has 0 atom stereocenters. The molecule has 0 aromatic carbocycles. The van der Waals surface area contributed by atoms with Crippen LogP contribution in [0.4, 0.5) is 14.6 Å². The molecule has 7 nitrogen and oxygen atoms in total. The second-order valence-electron chi connectivity index (χ2n) is 6.95. The van der Waals surface area contributed by atoms with Crippen molar-refractivity contribution in [3.63, 3.8) is 0 Å². The largest absolute Gasteiger partial charge is 0.362 e. The summed E-state index contributed by atoms with van der Waals surface area (Å²) in [5.74, 6) is -2.27. The van der Waals surface area contributed by atoms with Crippen LogP contribution >= 0.6 is 0 Å². The molecule has 2 aromatic rings. The Morgan fingerprint density at radius 3 is 2.62 bits per heavy atom. The Hall–Kier alpha value is -2.45. The summed E-state index contributed by atoms with van der Waals surface area (Å²) in [6.07, 6.45) is 0.0754. The van der Waals surface area contributed by atoms with E-state index in [0.717, 1.165) is 5.82 Å². The number of alkyl halides is 2. The van der Waals surface area contributed by atoms with Crippen LogP contribution in [-0.4, -0.2) is 58.9 Å². The summed E-state index contributed by atoms with van der Waals surface area (Å²) in [6.45, 7) is 3.15. The Morgan fingerprint density at radius 1 is 1.31 bits per heavy atom. The van der Waals surface area contributed by atoms with Gasteiger partial charge < -0.3 is 14.3 Å². The minimum atomic E-state index is -2.86. The van der Waals surface area contributed by atoms with Crippen molar-refractivity contribution in [2.75, 3.05) is 32.1 Å². The van der Waals surface area contributed by atoms with E-state index in [-0.39, 0.29) is 18.4 Å². The first-order chi connectivity index (χ1) is 12.1. The molecule has 0 saturated carbocycles. The van der Waals surface area contributed by atoms with Gasteiger partial charge in [0.2, 0.25) is 0 Å². The zero-order valence-corrected chi connectivity index (χ0v) is 15.6. The average molecular weight is 367 g/mol. The fourth-order valence-electron chi connectivity index (χ4n) is 3.53. The highest BCUT2D eigenvalue weighted by Gasteiger charge is 2.39. The monoisotopic (exact) mass is 367 g/mol. The predicted octanol–water partition coefficient (Wildman–Crippen LogP) is 2.63. The van der Waals surface area contributed by atoms with Crippen LogP contribution in [0.2, 0.25) is 0 Å². The van der Waals surface area contributed by atoms with Crippen LogP contribution in [0, 0.1) is 13.8 Å². The van der Waals surface area contributed by atoms with Gasteiger partial charge in [-0.05, 0) is 20.3 Å². The molecular formula is C17H23F2N5O2. The number of hydrogen-bond acceptors (Lipinski definition) is 5. The maximum Gasteiger partial charge on any atom is 0.265 e. The number of carbonyl (C=O) groups is 1. The van der Waals surface area contributed by atoms with E-state index in [1.807, 2.05) is 25.9 Å². The Morgan fingerprint density at radius 2 is 2.00 bits per heavy atom. The van der Waals surface area contributed by atoms with Crippen molar-refractivity contribution in [1.82, 2.24) is 19.8 Å². The minimum Gasteiger partial charge on any atom is -0.362 e. The van der Waals surface area contributed by atoms with E-state index in [1.54, 1.807) is 18.7 Å². The Labute approximate surface area is 150 Å². The topological polar surface area (TPSA) is 67.4 Å². The van der Waals surface area contributed by atoms with E-state index < -0.39 is 18.4 Å². The Balaban J connectivity index is 2.08. The molecular weight excluding hydrogens is 344 g/mol. The number of carbonyl (C=O) groups excluding carboxylic acids is 1. The standard InChI is InChI=1S/C17H23F2N5O2/c1-10-12(15(22(3)4)23(5)20-10)14-13(11(2)26-21-14)16(25)24-8-6-7-17(18,19)9-24/h6-9H2,1-5H3. The van der Waals surface area contributed by atoms with Crippen molar-refractivity contribution in [3.05, 3.63) is 17.0 Å². The van der Waals surface area contributed by atoms with Gasteiger partial charge >= 0.3 is 0 Å². The highest BCUT2D eigenvalue weighted by molar-refractivity contribution is 6.02. The van der Waals surface area contributed by atoms with E-state index >= 15 is 0 Å². The number of aryl methyl sites for hydroxylation is 3. The van der Waals surface area contributed by atoms with Gasteiger partial charge in [0, 0.05) is 34.1 Å². The van der Waals surface area contributed by atoms with Crippen LogP contribution in [0.3, 0.4) is 0 Å². The lowest BCUT2D eigenvalue weighted by molar-refractivity contribution is -0.0560. The Kier molecular flexibility index (Phi) is 4.49. The molecule has 26 heavy (non-hydrogen) atoms. The summed E-state index contributed by atoms with van der Waals surface area (Å²) in [5.41, 5.74) is 1.92. The SMILES string of the molecule is Cc1nn(C)c(N(C)C)c1-c1noc(C)c1C(=O)N1CCCC(F)(F)C1. The first-order valence-corrected chi connectivity index (χ1v) is 8.47. The van der Waals surface area contributed by atoms with Crippen LogP contribution < -0.4 is 4.90 Å². The molecule has 3 heterocycles. The minimum absolute atomic E-state index is 0.196. The van der Waals surface area contributed by atoms with Crippen LogP contribution in [0.15, 0.2) is 4.52 Å². The number of nitrogens with zero attached hydrogens (tertiary/aromatic N) is 5. The van der Waals surface area contributed by atoms with Gasteiger partial charge in [-0.2, -0.15) is 5.10 Å². The van der Waals surface area contributed by atoms with Crippen LogP contribution in [-0.2, 0) is 7.05 Å². The van der Waals surface area contributed by atoms with Crippen molar-refractivity contribution in [1.29, 1.82) is 0 Å². The molecule has 0 spiro atoms. The lowest BCUT2D eigenvalue weighted by Gasteiger charge is -2.32. The number of amides is 1. The molecule has 0 aliphatic carbocycles. The molecule has 3 rings (SSSR count). The molecule has 9 heteroatoms. The third-order valence-corrected chi connectivity index (χ3v) is 4.61. The van der Waals surface area contributed by atoms with Gasteiger partial charge in [0.1, 0.15) is 22.8 Å². The van der Waals surface area contributed by atoms with Gasteiger partial charge in [-0.25, -0.2) is 8.78 Å². The lowest BCUT2D eigenvalue weighted by atomic mass is 10.0. The predicted molar refractivity (Wildman–Crippen MR) is 92.6 cm³/mol. The molecule has 0 bridgehead atoms. The van der Waals surface area contributed by atoms with Crippen molar-refractivity contribution in [2.24, 2.45) is 7.05 Å². The molecule has 1 fully saturated rings. The van der Waals surface area contributed by atoms with Gasteiger partial charge in [0.15, 0.2) is 0 Å². The summed E-state index contributed by atoms with van der Waals surface area (Å²) < 4.78 is 34.5. The van der Waals surface area contributed by atoms with Gasteiger partial charge in [-0.3, -0.25) is 9.48 Å². The maximum absolute atomic E-state index is 13.8. The van der Waals surface area contributed by atoms with E-state index in [4.69, 9.17) is 4.52 Å². The molecule has 0 unspecified atom stereocenters. The van der Waals surface area contributed by atoms with Gasteiger partial charge in [0.25, 0.3) is 11.8 Å². The number of rotatable bonds is 3. The molecule has 1 aliphatic heterocycles. The van der Waals surface area contributed by atoms with Gasteiger partial charge in [-0.15, -0.1) is 0 Å². The molecule has 1 amide bonds. The number of anilines is 1. The number of hydrogen-bond donors (Lipinski definition) is 0. The number of piperidine rings is 1. The van der Waals surface area contributed by atoms with Crippen molar-refractivity contribution in [2.45, 2.75) is 32.6 Å². The van der Waals surface area contributed by atoms with Gasteiger partial charge in [-0.1, -0.05) is 5.16 Å². The molecule has 0 radical (unpaired) electrons. The average Bonchev–Trinajstić information content (AvgIpc) is 3.04. The fourth-order valence-corrected chi connectivity index (χ4v) is 3.53. The van der Waals surface area contributed by atoms with Crippen LogP contribution in [0.25, 0.3) is 11.3 Å². The normalized spacial score (nSPS) is 16.8. The quantitative estimate of drug-likeness (QED) is 0.834. The fraction of sp³-hybridized carbons (Fsp3) is 0.588. The van der Waals surface area contributed by atoms with Crippen LogP contribution in [0.1, 0.15) is 34.7 Å². The van der Waals surface area contributed by atoms with Crippen LogP contribution in [0.5, 0.6) is 0 Å². The summed E-state index contributed by atoms with van der Waals surface area (Å²) in [5, 5.41) is 8.47. The zero-order chi connectivity index (χ0) is 19.2. The molecule has 1 aliphatic rings. The number of halogens is 2. The highest BCUT2D eigenvalue weighted by atomic mass is 19.3. The van der Waals surface area contributed by atoms with E-state index in [2.05, 4.69) is 10.3 Å². The Bertz CT molecular complexity index is 841. The molecule has 142 valence electrons. The highest BCUT2D eigenvalue weighted by Crippen LogP contribution is 2.36. The third-order valence-electron chi connectivity index (χ3n) is 4.61. The zero-order valence-electron chi connectivity index (χ0n) is 15.6. The second kappa shape index (κ2) is 6.37. The lowest BCUT2D eigenvalue weighted by Crippen LogP contribution is -2.45. The van der Waals surface area contributed by atoms with E-state index in [1.165, 1.54) is 4.90 Å². The first-order valence-electron chi connectivity index (χ1n) is 8.47. The molecule has 0 N–H and O–H groups in total. The van der Waals surface area contributed by atoms with E-state index in [0.29, 0.717) is 29.3 Å². The van der Waals surface area contributed by atoms with Crippen molar-refractivity contribution < 1.29 is 18.1 Å². The van der Waals surface area contributed by atoms with Gasteiger partial charge in [0.05, 0.1) is 17.8 Å². The summed E-state index contributed by atoms with van der Waals surface area (Å²) in [4.78, 5) is 16.1. The molecule has 2 aromatic heterocycles. The number of aromatic nitrogens is 3. The maximum atomic E-state index is 13.8. The summed E-state index contributed by atoms with van der Waals surface area (Å²) in [7, 11) is 5.52. The van der Waals surface area contributed by atoms with E-state index in [9.17, 15) is 13.6 Å². The van der Waals surface area contributed by atoms with Crippen molar-refractivity contribution in [3.8, 4) is 11.3 Å². The molecule has 1 saturated heterocycles. The smallest absolute Gasteiger partial charge is 0.265 e. The third kappa shape index (κ3) is 3.06.